The molecule has 29 heavy (non-hydrogen) atoms. The number of nitrogens with zero attached hydrogens (tertiary/aromatic N) is 2. The molecule has 0 spiro atoms. The van der Waals surface area contributed by atoms with Gasteiger partial charge < -0.3 is 0 Å². The number of benzene rings is 3. The summed E-state index contributed by atoms with van der Waals surface area (Å²) in [4.78, 5) is 40.8. The molecular formula is C22H14BrFN2O3. The molecule has 0 saturated carbocycles. The molecule has 1 aliphatic heterocycles. The summed E-state index contributed by atoms with van der Waals surface area (Å²) >= 11 is 3.33. The van der Waals surface area contributed by atoms with E-state index in [-0.39, 0.29) is 23.4 Å². The van der Waals surface area contributed by atoms with Crippen molar-refractivity contribution in [2.45, 2.75) is 0 Å². The largest absolute Gasteiger partial charge is 0.289 e. The molecule has 3 amide bonds. The van der Waals surface area contributed by atoms with Crippen LogP contribution in [0.2, 0.25) is 0 Å². The number of carbonyl (C=O) groups excluding carboxylic acids is 3. The number of anilines is 1. The minimum Gasteiger partial charge on any atom is -0.289 e. The Bertz CT molecular complexity index is 1100. The Labute approximate surface area is 174 Å². The Morgan fingerprint density at radius 3 is 2.00 bits per heavy atom. The SMILES string of the molecule is O=C1c2ccccc2C(=O)N1CN(C(=O)c1ccccc1F)c1ccc(Br)cc1. The molecule has 7 heteroatoms. The van der Waals surface area contributed by atoms with Gasteiger partial charge in [-0.2, -0.15) is 0 Å². The van der Waals surface area contributed by atoms with Crippen molar-refractivity contribution in [3.63, 3.8) is 0 Å². The fourth-order valence-corrected chi connectivity index (χ4v) is 3.44. The zero-order valence-electron chi connectivity index (χ0n) is 15.0. The van der Waals surface area contributed by atoms with Gasteiger partial charge in [0.25, 0.3) is 17.7 Å². The summed E-state index contributed by atoms with van der Waals surface area (Å²) in [5.74, 6) is -2.31. The smallest absolute Gasteiger partial charge is 0.263 e. The third kappa shape index (κ3) is 3.45. The van der Waals surface area contributed by atoms with Gasteiger partial charge in [0, 0.05) is 10.2 Å². The van der Waals surface area contributed by atoms with Crippen molar-refractivity contribution in [1.29, 1.82) is 0 Å². The van der Waals surface area contributed by atoms with Crippen LogP contribution in [0.3, 0.4) is 0 Å². The number of imide groups is 1. The number of hydrogen-bond donors (Lipinski definition) is 0. The number of rotatable bonds is 4. The molecule has 3 aromatic carbocycles. The highest BCUT2D eigenvalue weighted by Gasteiger charge is 2.37. The van der Waals surface area contributed by atoms with Gasteiger partial charge >= 0.3 is 0 Å². The van der Waals surface area contributed by atoms with Crippen LogP contribution in [-0.4, -0.2) is 29.3 Å². The van der Waals surface area contributed by atoms with E-state index in [2.05, 4.69) is 15.9 Å². The molecule has 0 radical (unpaired) electrons. The minimum atomic E-state index is -0.679. The maximum atomic E-state index is 14.3. The third-order valence-electron chi connectivity index (χ3n) is 4.65. The summed E-state index contributed by atoms with van der Waals surface area (Å²) in [6, 6.07) is 18.8. The van der Waals surface area contributed by atoms with Crippen molar-refractivity contribution >= 4 is 39.3 Å². The van der Waals surface area contributed by atoms with E-state index in [1.165, 1.54) is 23.1 Å². The molecule has 1 aliphatic rings. The van der Waals surface area contributed by atoms with Gasteiger partial charge in [-0.3, -0.25) is 24.2 Å². The normalized spacial score (nSPS) is 12.8. The Kier molecular flexibility index (Phi) is 4.98. The molecule has 0 aromatic heterocycles. The van der Waals surface area contributed by atoms with Crippen LogP contribution in [0, 0.1) is 5.82 Å². The molecule has 144 valence electrons. The topological polar surface area (TPSA) is 57.7 Å². The van der Waals surface area contributed by atoms with Crippen LogP contribution in [-0.2, 0) is 0 Å². The van der Waals surface area contributed by atoms with Gasteiger partial charge in [0.1, 0.15) is 12.5 Å². The van der Waals surface area contributed by atoms with E-state index in [1.807, 2.05) is 0 Å². The van der Waals surface area contributed by atoms with Gasteiger partial charge in [-0.25, -0.2) is 4.39 Å². The van der Waals surface area contributed by atoms with Crippen molar-refractivity contribution in [2.75, 3.05) is 11.6 Å². The lowest BCUT2D eigenvalue weighted by atomic mass is 10.1. The molecule has 0 atom stereocenters. The summed E-state index contributed by atoms with van der Waals surface area (Å²) in [5, 5.41) is 0. The van der Waals surface area contributed by atoms with E-state index in [9.17, 15) is 18.8 Å². The number of carbonyl (C=O) groups is 3. The summed E-state index contributed by atoms with van der Waals surface area (Å²) in [6.07, 6.45) is 0. The first-order valence-electron chi connectivity index (χ1n) is 8.74. The number of hydrogen-bond acceptors (Lipinski definition) is 3. The molecule has 0 unspecified atom stereocenters. The molecule has 5 nitrogen and oxygen atoms in total. The second-order valence-corrected chi connectivity index (χ2v) is 7.33. The summed E-state index contributed by atoms with van der Waals surface area (Å²) in [5.41, 5.74) is 0.850. The average Bonchev–Trinajstić information content (AvgIpc) is 2.97. The van der Waals surface area contributed by atoms with Crippen molar-refractivity contribution in [1.82, 2.24) is 4.90 Å². The standard InChI is InChI=1S/C22H14BrFN2O3/c23-14-9-11-15(12-10-14)25(22(29)18-7-3-4-8-19(18)24)13-26-20(27)16-5-1-2-6-17(16)21(26)28/h1-12H,13H2. The lowest BCUT2D eigenvalue weighted by Crippen LogP contribution is -2.44. The highest BCUT2D eigenvalue weighted by molar-refractivity contribution is 9.10. The lowest BCUT2D eigenvalue weighted by molar-refractivity contribution is 0.0650. The van der Waals surface area contributed by atoms with Gasteiger partial charge in [0.05, 0.1) is 16.7 Å². The molecule has 0 aliphatic carbocycles. The number of amides is 3. The maximum Gasteiger partial charge on any atom is 0.263 e. The first kappa shape index (κ1) is 19.0. The predicted molar refractivity (Wildman–Crippen MR) is 109 cm³/mol. The van der Waals surface area contributed by atoms with Gasteiger partial charge in [-0.1, -0.05) is 40.2 Å². The third-order valence-corrected chi connectivity index (χ3v) is 5.18. The molecule has 0 bridgehead atoms. The van der Waals surface area contributed by atoms with Crippen molar-refractivity contribution in [3.8, 4) is 0 Å². The van der Waals surface area contributed by atoms with E-state index >= 15 is 0 Å². The second-order valence-electron chi connectivity index (χ2n) is 6.41. The lowest BCUT2D eigenvalue weighted by Gasteiger charge is -2.27. The first-order chi connectivity index (χ1) is 14.0. The van der Waals surface area contributed by atoms with Gasteiger partial charge in [-0.15, -0.1) is 0 Å². The number of fused-ring (bicyclic) bond motifs is 1. The van der Waals surface area contributed by atoms with Gasteiger partial charge in [0.2, 0.25) is 0 Å². The first-order valence-corrected chi connectivity index (χ1v) is 9.54. The molecular weight excluding hydrogens is 439 g/mol. The maximum absolute atomic E-state index is 14.3. The fourth-order valence-electron chi connectivity index (χ4n) is 3.17. The minimum absolute atomic E-state index is 0.146. The molecule has 0 saturated heterocycles. The van der Waals surface area contributed by atoms with Gasteiger partial charge in [-0.05, 0) is 48.5 Å². The quantitative estimate of drug-likeness (QED) is 0.548. The van der Waals surface area contributed by atoms with Crippen LogP contribution >= 0.6 is 15.9 Å². The van der Waals surface area contributed by atoms with E-state index in [4.69, 9.17) is 0 Å². The van der Waals surface area contributed by atoms with Crippen LogP contribution in [0.1, 0.15) is 31.1 Å². The van der Waals surface area contributed by atoms with E-state index in [0.717, 1.165) is 9.37 Å². The van der Waals surface area contributed by atoms with Crippen LogP contribution in [0.5, 0.6) is 0 Å². The average molecular weight is 453 g/mol. The highest BCUT2D eigenvalue weighted by Crippen LogP contribution is 2.26. The van der Waals surface area contributed by atoms with Crippen LogP contribution in [0.4, 0.5) is 10.1 Å². The zero-order chi connectivity index (χ0) is 20.5. The van der Waals surface area contributed by atoms with Gasteiger partial charge in [0.15, 0.2) is 0 Å². The Morgan fingerprint density at radius 1 is 0.862 bits per heavy atom. The number of halogens is 2. The van der Waals surface area contributed by atoms with E-state index in [1.54, 1.807) is 54.6 Å². The van der Waals surface area contributed by atoms with Crippen LogP contribution < -0.4 is 4.90 Å². The zero-order valence-corrected chi connectivity index (χ0v) is 16.6. The van der Waals surface area contributed by atoms with Crippen molar-refractivity contribution in [2.24, 2.45) is 0 Å². The fraction of sp³-hybridized carbons (Fsp3) is 0.0455. The Balaban J connectivity index is 1.73. The molecule has 3 aromatic rings. The molecule has 0 fully saturated rings. The molecule has 0 N–H and O–H groups in total. The molecule has 1 heterocycles. The monoisotopic (exact) mass is 452 g/mol. The van der Waals surface area contributed by atoms with Crippen molar-refractivity contribution < 1.29 is 18.8 Å². The van der Waals surface area contributed by atoms with E-state index < -0.39 is 23.5 Å². The second kappa shape index (κ2) is 7.60. The molecule has 4 rings (SSSR count). The summed E-state index contributed by atoms with van der Waals surface area (Å²) in [6.45, 7) is -0.332. The highest BCUT2D eigenvalue weighted by atomic mass is 79.9. The van der Waals surface area contributed by atoms with E-state index in [0.29, 0.717) is 5.69 Å². The van der Waals surface area contributed by atoms with Crippen LogP contribution in [0.25, 0.3) is 0 Å². The van der Waals surface area contributed by atoms with Crippen LogP contribution in [0.15, 0.2) is 77.3 Å². The Morgan fingerprint density at radius 2 is 1.41 bits per heavy atom. The summed E-state index contributed by atoms with van der Waals surface area (Å²) in [7, 11) is 0. The summed E-state index contributed by atoms with van der Waals surface area (Å²) < 4.78 is 15.1. The predicted octanol–water partition coefficient (Wildman–Crippen LogP) is 4.49. The Hall–Kier alpha value is -3.32. The van der Waals surface area contributed by atoms with Crippen molar-refractivity contribution in [3.05, 3.63) is 99.8 Å².